The Balaban J connectivity index is 2.18. The Hall–Kier alpha value is -3.48. The maximum Gasteiger partial charge on any atom is 0.336 e. The van der Waals surface area contributed by atoms with Gasteiger partial charge in [0.05, 0.1) is 30.3 Å². The third-order valence-corrected chi connectivity index (χ3v) is 4.54. The van der Waals surface area contributed by atoms with E-state index in [1.54, 1.807) is 19.9 Å². The number of rotatable bonds is 6. The fraction of sp³-hybridized carbons (Fsp3) is 0.217. The van der Waals surface area contributed by atoms with Gasteiger partial charge in [-0.25, -0.2) is 18.4 Å². The van der Waals surface area contributed by atoms with Crippen LogP contribution in [0.5, 0.6) is 0 Å². The summed E-state index contributed by atoms with van der Waals surface area (Å²) in [6.45, 7) is 3.52. The lowest BCUT2D eigenvalue weighted by molar-refractivity contribution is -0.139. The van der Waals surface area contributed by atoms with Crippen LogP contribution in [0.2, 0.25) is 0 Å². The molecule has 2 aromatic carbocycles. The summed E-state index contributed by atoms with van der Waals surface area (Å²) in [5.41, 5.74) is 0.787. The zero-order chi connectivity index (χ0) is 21.7. The molecule has 2 aromatic rings. The van der Waals surface area contributed by atoms with E-state index < -0.39 is 29.5 Å². The molecule has 0 unspecified atom stereocenters. The summed E-state index contributed by atoms with van der Waals surface area (Å²) in [5, 5.41) is 0. The van der Waals surface area contributed by atoms with Gasteiger partial charge in [0.15, 0.2) is 0 Å². The molecule has 0 saturated heterocycles. The Labute approximate surface area is 173 Å². The SMILES string of the molecule is CCOC(=O)C1=CN(c2ccc(F)cc2)C=C(C(=O)OCC)C1c1ccccc1F. The third kappa shape index (κ3) is 4.40. The summed E-state index contributed by atoms with van der Waals surface area (Å²) in [6.07, 6.45) is 2.93. The molecule has 0 radical (unpaired) electrons. The molecule has 156 valence electrons. The Morgan fingerprint density at radius 1 is 0.867 bits per heavy atom. The molecule has 0 atom stereocenters. The van der Waals surface area contributed by atoms with Gasteiger partial charge in [0.2, 0.25) is 0 Å². The minimum absolute atomic E-state index is 0.0665. The van der Waals surface area contributed by atoms with E-state index in [0.717, 1.165) is 0 Å². The minimum Gasteiger partial charge on any atom is -0.463 e. The number of anilines is 1. The van der Waals surface area contributed by atoms with Crippen LogP contribution >= 0.6 is 0 Å². The first-order valence-corrected chi connectivity index (χ1v) is 9.52. The van der Waals surface area contributed by atoms with Gasteiger partial charge >= 0.3 is 11.9 Å². The van der Waals surface area contributed by atoms with Gasteiger partial charge in [-0.3, -0.25) is 0 Å². The minimum atomic E-state index is -1.01. The highest BCUT2D eigenvalue weighted by atomic mass is 19.1. The lowest BCUT2D eigenvalue weighted by atomic mass is 9.83. The zero-order valence-electron chi connectivity index (χ0n) is 16.6. The van der Waals surface area contributed by atoms with Gasteiger partial charge in [-0.05, 0) is 44.2 Å². The highest BCUT2D eigenvalue weighted by molar-refractivity contribution is 6.00. The van der Waals surface area contributed by atoms with Crippen LogP contribution in [0.25, 0.3) is 0 Å². The number of hydrogen-bond acceptors (Lipinski definition) is 5. The van der Waals surface area contributed by atoms with Crippen LogP contribution in [0.15, 0.2) is 72.1 Å². The Kier molecular flexibility index (Phi) is 6.61. The van der Waals surface area contributed by atoms with Crippen molar-refractivity contribution >= 4 is 17.6 Å². The van der Waals surface area contributed by atoms with Gasteiger partial charge < -0.3 is 14.4 Å². The number of carbonyl (C=O) groups excluding carboxylic acids is 2. The molecule has 0 amide bonds. The number of halogens is 2. The predicted octanol–water partition coefficient (Wildman–Crippen LogP) is 4.46. The highest BCUT2D eigenvalue weighted by Crippen LogP contribution is 2.39. The average Bonchev–Trinajstić information content (AvgIpc) is 2.74. The van der Waals surface area contributed by atoms with Crippen molar-refractivity contribution in [2.24, 2.45) is 0 Å². The number of hydrogen-bond donors (Lipinski definition) is 0. The second kappa shape index (κ2) is 9.35. The van der Waals surface area contributed by atoms with E-state index in [1.807, 2.05) is 0 Å². The Morgan fingerprint density at radius 3 is 1.90 bits per heavy atom. The van der Waals surface area contributed by atoms with Gasteiger partial charge in [0.1, 0.15) is 11.6 Å². The first kappa shape index (κ1) is 21.2. The lowest BCUT2D eigenvalue weighted by Crippen LogP contribution is -2.29. The number of nitrogens with zero attached hydrogens (tertiary/aromatic N) is 1. The van der Waals surface area contributed by atoms with Crippen LogP contribution in [-0.4, -0.2) is 25.2 Å². The molecule has 30 heavy (non-hydrogen) atoms. The van der Waals surface area contributed by atoms with Gasteiger partial charge in [0, 0.05) is 23.7 Å². The molecule has 0 fully saturated rings. The molecule has 0 aliphatic carbocycles. The molecule has 0 spiro atoms. The van der Waals surface area contributed by atoms with Crippen molar-refractivity contribution in [3.05, 3.63) is 89.3 Å². The third-order valence-electron chi connectivity index (χ3n) is 4.54. The van der Waals surface area contributed by atoms with Crippen LogP contribution in [-0.2, 0) is 19.1 Å². The first-order chi connectivity index (χ1) is 14.5. The van der Waals surface area contributed by atoms with E-state index in [0.29, 0.717) is 5.69 Å². The van der Waals surface area contributed by atoms with E-state index in [2.05, 4.69) is 0 Å². The molecule has 0 N–H and O–H groups in total. The smallest absolute Gasteiger partial charge is 0.336 e. The number of esters is 2. The van der Waals surface area contributed by atoms with Crippen molar-refractivity contribution < 1.29 is 27.8 Å². The summed E-state index contributed by atoms with van der Waals surface area (Å²) in [4.78, 5) is 27.0. The fourth-order valence-electron chi connectivity index (χ4n) is 3.23. The normalized spacial score (nSPS) is 14.1. The zero-order valence-corrected chi connectivity index (χ0v) is 16.6. The monoisotopic (exact) mass is 413 g/mol. The molecule has 7 heteroatoms. The summed E-state index contributed by atoms with van der Waals surface area (Å²) < 4.78 is 38.4. The number of benzene rings is 2. The molecule has 0 saturated carbocycles. The van der Waals surface area contributed by atoms with Crippen LogP contribution in [0, 0.1) is 11.6 Å². The molecule has 3 rings (SSSR count). The van der Waals surface area contributed by atoms with Gasteiger partial charge in [0.25, 0.3) is 0 Å². The summed E-state index contributed by atoms with van der Waals surface area (Å²) in [6, 6.07) is 11.4. The average molecular weight is 413 g/mol. The molecule has 1 aliphatic rings. The van der Waals surface area contributed by atoms with Crippen molar-refractivity contribution in [2.75, 3.05) is 18.1 Å². The highest BCUT2D eigenvalue weighted by Gasteiger charge is 2.37. The number of carbonyl (C=O) groups is 2. The van der Waals surface area contributed by atoms with Gasteiger partial charge in [-0.2, -0.15) is 0 Å². The second-order valence-electron chi connectivity index (χ2n) is 6.45. The summed E-state index contributed by atoms with van der Waals surface area (Å²) in [5.74, 6) is -3.38. The molecule has 1 heterocycles. The van der Waals surface area contributed by atoms with E-state index in [4.69, 9.17) is 9.47 Å². The van der Waals surface area contributed by atoms with Crippen molar-refractivity contribution in [3.63, 3.8) is 0 Å². The lowest BCUT2D eigenvalue weighted by Gasteiger charge is -2.30. The van der Waals surface area contributed by atoms with E-state index in [9.17, 15) is 18.4 Å². The van der Waals surface area contributed by atoms with E-state index in [1.165, 1.54) is 59.8 Å². The van der Waals surface area contributed by atoms with E-state index >= 15 is 0 Å². The molecular formula is C23H21F2NO4. The van der Waals surface area contributed by atoms with Crippen LogP contribution in [0.1, 0.15) is 25.3 Å². The van der Waals surface area contributed by atoms with Crippen molar-refractivity contribution in [2.45, 2.75) is 19.8 Å². The van der Waals surface area contributed by atoms with Crippen molar-refractivity contribution in [3.8, 4) is 0 Å². The maximum absolute atomic E-state index is 14.7. The fourth-order valence-corrected chi connectivity index (χ4v) is 3.23. The van der Waals surface area contributed by atoms with E-state index in [-0.39, 0.29) is 29.9 Å². The second-order valence-corrected chi connectivity index (χ2v) is 6.45. The number of ether oxygens (including phenoxy) is 2. The molecule has 1 aliphatic heterocycles. The van der Waals surface area contributed by atoms with Crippen LogP contribution in [0.3, 0.4) is 0 Å². The molecular weight excluding hydrogens is 392 g/mol. The Bertz CT molecular complexity index is 963. The van der Waals surface area contributed by atoms with Gasteiger partial charge in [-0.1, -0.05) is 18.2 Å². The standard InChI is InChI=1S/C23H21F2NO4/c1-3-29-22(27)18-13-26(16-11-9-15(24)10-12-16)14-19(23(28)30-4-2)21(18)17-7-5-6-8-20(17)25/h5-14,21H,3-4H2,1-2H3. The van der Waals surface area contributed by atoms with Crippen molar-refractivity contribution in [1.29, 1.82) is 0 Å². The quantitative estimate of drug-likeness (QED) is 0.655. The molecule has 0 aromatic heterocycles. The largest absolute Gasteiger partial charge is 0.463 e. The Morgan fingerprint density at radius 2 is 1.40 bits per heavy atom. The predicted molar refractivity (Wildman–Crippen MR) is 107 cm³/mol. The molecule has 5 nitrogen and oxygen atoms in total. The first-order valence-electron chi connectivity index (χ1n) is 9.52. The molecule has 0 bridgehead atoms. The maximum atomic E-state index is 14.7. The van der Waals surface area contributed by atoms with Crippen LogP contribution in [0.4, 0.5) is 14.5 Å². The summed E-state index contributed by atoms with van der Waals surface area (Å²) >= 11 is 0. The van der Waals surface area contributed by atoms with Crippen molar-refractivity contribution in [1.82, 2.24) is 0 Å². The summed E-state index contributed by atoms with van der Waals surface area (Å²) in [7, 11) is 0. The van der Waals surface area contributed by atoms with Gasteiger partial charge in [-0.15, -0.1) is 0 Å². The van der Waals surface area contributed by atoms with Crippen LogP contribution < -0.4 is 4.90 Å². The topological polar surface area (TPSA) is 55.8 Å².